The maximum Gasteiger partial charge on any atom is 0.164 e. The molecular formula is C51H30N4O. The van der Waals surface area contributed by atoms with Crippen molar-refractivity contribution in [3.8, 4) is 39.9 Å². The third-order valence-electron chi connectivity index (χ3n) is 11.2. The van der Waals surface area contributed by atoms with Crippen molar-refractivity contribution in [1.82, 2.24) is 19.5 Å². The van der Waals surface area contributed by atoms with E-state index in [4.69, 9.17) is 19.4 Å². The van der Waals surface area contributed by atoms with Crippen LogP contribution in [-0.2, 0) is 0 Å². The standard InChI is InChI=1S/C51H30N4O/c1-3-14-31(15-4-1)49-52-50(32-16-5-2-6-17-32)54-51(53-49)41-23-13-25-44-46(41)47-45(56-44)29-28-40-39-22-11-12-24-43(39)55(48(40)47)33-26-27-38-36-20-8-7-18-34(36)35-19-9-10-21-37(35)42(38)30-33/h1-30H. The van der Waals surface area contributed by atoms with Crippen LogP contribution in [0.3, 0.4) is 0 Å². The van der Waals surface area contributed by atoms with Gasteiger partial charge in [0.25, 0.3) is 0 Å². The van der Waals surface area contributed by atoms with Crippen LogP contribution < -0.4 is 0 Å². The fourth-order valence-corrected chi connectivity index (χ4v) is 8.78. The second-order valence-electron chi connectivity index (χ2n) is 14.3. The van der Waals surface area contributed by atoms with Crippen LogP contribution in [0.15, 0.2) is 186 Å². The molecule has 0 atom stereocenters. The van der Waals surface area contributed by atoms with E-state index in [9.17, 15) is 0 Å². The molecule has 12 rings (SSSR count). The molecule has 0 aliphatic carbocycles. The van der Waals surface area contributed by atoms with Crippen LogP contribution in [0.1, 0.15) is 0 Å². The summed E-state index contributed by atoms with van der Waals surface area (Å²) in [5.74, 6) is 1.83. The van der Waals surface area contributed by atoms with Crippen LogP contribution >= 0.6 is 0 Å². The molecule has 260 valence electrons. The van der Waals surface area contributed by atoms with Crippen molar-refractivity contribution in [3.63, 3.8) is 0 Å². The SMILES string of the molecule is c1ccc(-c2nc(-c3ccccc3)nc(-c3cccc4oc5ccc6c7ccccc7n(-c7ccc8c9ccccc9c9ccccc9c8c7)c6c5c34)n2)cc1. The Morgan fingerprint density at radius 2 is 0.875 bits per heavy atom. The van der Waals surface area contributed by atoms with Crippen molar-refractivity contribution in [2.45, 2.75) is 0 Å². The summed E-state index contributed by atoms with van der Waals surface area (Å²) in [6.07, 6.45) is 0. The van der Waals surface area contributed by atoms with Crippen molar-refractivity contribution in [1.29, 1.82) is 0 Å². The van der Waals surface area contributed by atoms with Gasteiger partial charge in [-0.1, -0.05) is 146 Å². The van der Waals surface area contributed by atoms with Crippen LogP contribution in [-0.4, -0.2) is 19.5 Å². The number of benzene rings is 9. The Balaban J connectivity index is 1.19. The second-order valence-corrected chi connectivity index (χ2v) is 14.3. The quantitative estimate of drug-likeness (QED) is 0.170. The summed E-state index contributed by atoms with van der Waals surface area (Å²) >= 11 is 0. The summed E-state index contributed by atoms with van der Waals surface area (Å²) in [5, 5.41) is 11.8. The Kier molecular flexibility index (Phi) is 6.56. The van der Waals surface area contributed by atoms with E-state index in [1.54, 1.807) is 0 Å². The topological polar surface area (TPSA) is 56.7 Å². The number of fused-ring (bicyclic) bond motifs is 13. The first kappa shape index (κ1) is 30.8. The number of furan rings is 1. The molecular weight excluding hydrogens is 685 g/mol. The van der Waals surface area contributed by atoms with Crippen LogP contribution in [0.4, 0.5) is 0 Å². The van der Waals surface area contributed by atoms with Crippen molar-refractivity contribution < 1.29 is 4.42 Å². The summed E-state index contributed by atoms with van der Waals surface area (Å²) in [7, 11) is 0. The van der Waals surface area contributed by atoms with Gasteiger partial charge in [-0.3, -0.25) is 0 Å². The van der Waals surface area contributed by atoms with Gasteiger partial charge in [0.05, 0.1) is 16.4 Å². The first-order valence-corrected chi connectivity index (χ1v) is 18.9. The number of aromatic nitrogens is 4. The number of hydrogen-bond donors (Lipinski definition) is 0. The Morgan fingerprint density at radius 3 is 1.54 bits per heavy atom. The molecule has 0 aliphatic rings. The molecule has 3 heterocycles. The number of para-hydroxylation sites is 1. The number of nitrogens with zero attached hydrogens (tertiary/aromatic N) is 4. The van der Waals surface area contributed by atoms with Crippen molar-refractivity contribution in [3.05, 3.63) is 182 Å². The lowest BCUT2D eigenvalue weighted by molar-refractivity contribution is 0.669. The molecule has 5 nitrogen and oxygen atoms in total. The Bertz CT molecular complexity index is 3440. The van der Waals surface area contributed by atoms with Gasteiger partial charge in [0, 0.05) is 38.5 Å². The fourth-order valence-electron chi connectivity index (χ4n) is 8.78. The first-order valence-electron chi connectivity index (χ1n) is 18.9. The molecule has 0 spiro atoms. The Hall–Kier alpha value is -7.63. The van der Waals surface area contributed by atoms with E-state index in [0.717, 1.165) is 60.7 Å². The van der Waals surface area contributed by atoms with Crippen LogP contribution in [0, 0.1) is 0 Å². The molecule has 0 N–H and O–H groups in total. The second kappa shape index (κ2) is 11.9. The molecule has 0 radical (unpaired) electrons. The average molecular weight is 715 g/mol. The molecule has 56 heavy (non-hydrogen) atoms. The molecule has 0 unspecified atom stereocenters. The zero-order valence-corrected chi connectivity index (χ0v) is 30.0. The van der Waals surface area contributed by atoms with Crippen molar-refractivity contribution in [2.75, 3.05) is 0 Å². The monoisotopic (exact) mass is 714 g/mol. The molecule has 0 aliphatic heterocycles. The lowest BCUT2D eigenvalue weighted by Gasteiger charge is -2.14. The van der Waals surface area contributed by atoms with E-state index in [2.05, 4.69) is 114 Å². The maximum absolute atomic E-state index is 6.73. The van der Waals surface area contributed by atoms with Crippen molar-refractivity contribution >= 4 is 76.1 Å². The summed E-state index contributed by atoms with van der Waals surface area (Å²) < 4.78 is 9.15. The molecule has 5 heteroatoms. The Morgan fingerprint density at radius 1 is 0.357 bits per heavy atom. The van der Waals surface area contributed by atoms with E-state index in [0.29, 0.717) is 17.5 Å². The van der Waals surface area contributed by atoms with Gasteiger partial charge < -0.3 is 8.98 Å². The van der Waals surface area contributed by atoms with Gasteiger partial charge in [0.1, 0.15) is 11.2 Å². The fraction of sp³-hybridized carbons (Fsp3) is 0. The lowest BCUT2D eigenvalue weighted by atomic mass is 9.94. The average Bonchev–Trinajstić information content (AvgIpc) is 3.83. The maximum atomic E-state index is 6.73. The minimum Gasteiger partial charge on any atom is -0.456 e. The minimum atomic E-state index is 0.592. The van der Waals surface area contributed by atoms with Gasteiger partial charge >= 0.3 is 0 Å². The minimum absolute atomic E-state index is 0.592. The highest BCUT2D eigenvalue weighted by atomic mass is 16.3. The molecule has 0 amide bonds. The van der Waals surface area contributed by atoms with E-state index >= 15 is 0 Å². The van der Waals surface area contributed by atoms with E-state index in [1.165, 1.54) is 37.7 Å². The van der Waals surface area contributed by atoms with Gasteiger partial charge in [-0.05, 0) is 68.7 Å². The lowest BCUT2D eigenvalue weighted by Crippen LogP contribution is -2.00. The smallest absolute Gasteiger partial charge is 0.164 e. The Labute approximate surface area is 320 Å². The molecule has 0 bridgehead atoms. The molecule has 0 fully saturated rings. The molecule has 9 aromatic carbocycles. The van der Waals surface area contributed by atoms with E-state index in [-0.39, 0.29) is 0 Å². The highest BCUT2D eigenvalue weighted by Gasteiger charge is 2.23. The van der Waals surface area contributed by atoms with Crippen LogP contribution in [0.5, 0.6) is 0 Å². The van der Waals surface area contributed by atoms with Crippen LogP contribution in [0.25, 0.3) is 116 Å². The van der Waals surface area contributed by atoms with E-state index < -0.39 is 0 Å². The van der Waals surface area contributed by atoms with Crippen molar-refractivity contribution in [2.24, 2.45) is 0 Å². The highest BCUT2D eigenvalue weighted by Crippen LogP contribution is 2.45. The van der Waals surface area contributed by atoms with E-state index in [1.807, 2.05) is 72.8 Å². The summed E-state index contributed by atoms with van der Waals surface area (Å²) in [5.41, 5.74) is 7.62. The predicted octanol–water partition coefficient (Wildman–Crippen LogP) is 13.3. The van der Waals surface area contributed by atoms with Crippen LogP contribution in [0.2, 0.25) is 0 Å². The third kappa shape index (κ3) is 4.52. The third-order valence-corrected chi connectivity index (χ3v) is 11.2. The van der Waals surface area contributed by atoms with Gasteiger partial charge in [0.15, 0.2) is 17.5 Å². The van der Waals surface area contributed by atoms with Gasteiger partial charge in [0.2, 0.25) is 0 Å². The highest BCUT2D eigenvalue weighted by molar-refractivity contribution is 6.28. The summed E-state index contributed by atoms with van der Waals surface area (Å²) in [6.45, 7) is 0. The first-order chi connectivity index (χ1) is 27.8. The normalized spacial score (nSPS) is 11.9. The van der Waals surface area contributed by atoms with Gasteiger partial charge in [-0.25, -0.2) is 15.0 Å². The number of rotatable bonds is 4. The summed E-state index contributed by atoms with van der Waals surface area (Å²) in [4.78, 5) is 15.3. The van der Waals surface area contributed by atoms with Gasteiger partial charge in [-0.2, -0.15) is 0 Å². The molecule has 0 saturated heterocycles. The summed E-state index contributed by atoms with van der Waals surface area (Å²) in [6, 6.07) is 63.8. The zero-order chi connectivity index (χ0) is 36.7. The number of hydrogen-bond acceptors (Lipinski definition) is 4. The predicted molar refractivity (Wildman–Crippen MR) is 230 cm³/mol. The molecule has 0 saturated carbocycles. The van der Waals surface area contributed by atoms with Gasteiger partial charge in [-0.15, -0.1) is 0 Å². The zero-order valence-electron chi connectivity index (χ0n) is 30.0. The molecule has 3 aromatic heterocycles. The largest absolute Gasteiger partial charge is 0.456 e. The molecule has 12 aromatic rings.